The van der Waals surface area contributed by atoms with Crippen molar-refractivity contribution < 1.29 is 15.0 Å². The number of allylic oxidation sites excluding steroid dienone is 13. The van der Waals surface area contributed by atoms with Gasteiger partial charge in [-0.2, -0.15) is 0 Å². The molecule has 4 nitrogen and oxygen atoms in total. The zero-order valence-corrected chi connectivity index (χ0v) is 47.5. The van der Waals surface area contributed by atoms with Crippen molar-refractivity contribution in [3.8, 4) is 0 Å². The molecule has 0 spiro atoms. The Balaban J connectivity index is 3.51. The molecule has 0 aliphatic rings. The van der Waals surface area contributed by atoms with Crippen LogP contribution in [0.1, 0.15) is 316 Å². The van der Waals surface area contributed by atoms with Crippen molar-refractivity contribution in [1.29, 1.82) is 0 Å². The van der Waals surface area contributed by atoms with Crippen LogP contribution in [0.3, 0.4) is 0 Å². The molecule has 0 fully saturated rings. The molecule has 0 aromatic heterocycles. The van der Waals surface area contributed by atoms with Gasteiger partial charge >= 0.3 is 0 Å². The lowest BCUT2D eigenvalue weighted by molar-refractivity contribution is -0.123. The fourth-order valence-corrected chi connectivity index (χ4v) is 9.42. The van der Waals surface area contributed by atoms with Gasteiger partial charge in [-0.3, -0.25) is 4.79 Å². The zero-order valence-electron chi connectivity index (χ0n) is 47.5. The van der Waals surface area contributed by atoms with Gasteiger partial charge in [0.2, 0.25) is 5.91 Å². The molecule has 412 valence electrons. The molecule has 0 aliphatic carbocycles. The number of carbonyl (C=O) groups is 1. The van der Waals surface area contributed by atoms with Crippen LogP contribution in [0.15, 0.2) is 85.1 Å². The molecule has 0 heterocycles. The Hall–Kier alpha value is -2.43. The van der Waals surface area contributed by atoms with E-state index in [1.807, 2.05) is 6.08 Å². The lowest BCUT2D eigenvalue weighted by atomic mass is 10.0. The van der Waals surface area contributed by atoms with Crippen LogP contribution in [0.4, 0.5) is 0 Å². The number of hydrogen-bond acceptors (Lipinski definition) is 3. The molecule has 2 atom stereocenters. The van der Waals surface area contributed by atoms with Crippen molar-refractivity contribution in [3.05, 3.63) is 85.1 Å². The molecule has 2 unspecified atom stereocenters. The molecule has 0 aromatic rings. The summed E-state index contributed by atoms with van der Waals surface area (Å²) in [5.41, 5.74) is 0. The fourth-order valence-electron chi connectivity index (χ4n) is 9.42. The summed E-state index contributed by atoms with van der Waals surface area (Å²) in [5, 5.41) is 23.3. The highest BCUT2D eigenvalue weighted by Crippen LogP contribution is 2.17. The van der Waals surface area contributed by atoms with Crippen molar-refractivity contribution in [3.63, 3.8) is 0 Å². The van der Waals surface area contributed by atoms with Crippen molar-refractivity contribution in [2.45, 2.75) is 328 Å². The second kappa shape index (κ2) is 61.9. The first-order chi connectivity index (χ1) is 35.2. The van der Waals surface area contributed by atoms with Gasteiger partial charge in [0.1, 0.15) is 0 Å². The quantitative estimate of drug-likeness (QED) is 0.0420. The molecular formula is C67H121NO3. The number of aliphatic hydroxyl groups excluding tert-OH is 2. The van der Waals surface area contributed by atoms with Crippen molar-refractivity contribution in [1.82, 2.24) is 5.32 Å². The van der Waals surface area contributed by atoms with E-state index in [0.717, 1.165) is 64.2 Å². The Bertz CT molecular complexity index is 1260. The Kier molecular flexibility index (Phi) is 59.8. The molecule has 0 bridgehead atoms. The van der Waals surface area contributed by atoms with E-state index in [4.69, 9.17) is 0 Å². The summed E-state index contributed by atoms with van der Waals surface area (Å²) in [6, 6.07) is -0.629. The van der Waals surface area contributed by atoms with Gasteiger partial charge in [0.05, 0.1) is 18.8 Å². The van der Waals surface area contributed by atoms with E-state index >= 15 is 0 Å². The molecule has 71 heavy (non-hydrogen) atoms. The summed E-state index contributed by atoms with van der Waals surface area (Å²) in [6.07, 6.45) is 90.5. The average molecular weight is 989 g/mol. The molecule has 4 heteroatoms. The number of rotatable bonds is 57. The number of hydrogen-bond donors (Lipinski definition) is 3. The molecule has 0 saturated heterocycles. The van der Waals surface area contributed by atoms with Crippen LogP contribution in [0.25, 0.3) is 0 Å². The Labute approximate surface area is 443 Å². The van der Waals surface area contributed by atoms with Gasteiger partial charge in [-0.25, -0.2) is 0 Å². The van der Waals surface area contributed by atoms with E-state index in [9.17, 15) is 15.0 Å². The first-order valence-electron chi connectivity index (χ1n) is 31.3. The zero-order chi connectivity index (χ0) is 51.3. The summed E-state index contributed by atoms with van der Waals surface area (Å²) in [5.74, 6) is -0.0655. The van der Waals surface area contributed by atoms with Crippen LogP contribution in [-0.2, 0) is 4.79 Å². The van der Waals surface area contributed by atoms with Crippen molar-refractivity contribution in [2.75, 3.05) is 6.61 Å². The minimum absolute atomic E-state index is 0.0655. The molecule has 0 radical (unpaired) electrons. The fraction of sp³-hybridized carbons (Fsp3) is 0.776. The standard InChI is InChI=1S/C67H121NO3/c1-3-5-7-9-11-13-15-17-19-21-23-25-27-29-31-33-34-35-37-39-41-43-45-47-49-51-53-55-57-59-61-63-67(71)68-65(64-69)66(70)62-60-58-56-54-52-50-48-46-44-42-40-38-36-32-30-28-26-24-22-20-18-16-14-12-10-8-6-4-2/h5,7,11,13,17,19,23,25,29,31,34-35,60,62,65-66,69-70H,3-4,6,8-10,12,14-16,18,20-22,24,26-28,30,32-33,36-59,61,63-64H2,1-2H3,(H,68,71)/b7-5-,13-11-,19-17-,25-23-,31-29-,35-34-,62-60+. The Morgan fingerprint density at radius 3 is 0.930 bits per heavy atom. The number of unbranched alkanes of at least 4 members (excludes halogenated alkanes) is 38. The first kappa shape index (κ1) is 68.6. The second-order valence-electron chi connectivity index (χ2n) is 21.1. The van der Waals surface area contributed by atoms with Gasteiger partial charge in [0, 0.05) is 6.42 Å². The smallest absolute Gasteiger partial charge is 0.220 e. The lowest BCUT2D eigenvalue weighted by Gasteiger charge is -2.20. The third-order valence-electron chi connectivity index (χ3n) is 14.1. The van der Waals surface area contributed by atoms with E-state index in [1.54, 1.807) is 6.08 Å². The third-order valence-corrected chi connectivity index (χ3v) is 14.1. The Morgan fingerprint density at radius 1 is 0.352 bits per heavy atom. The lowest BCUT2D eigenvalue weighted by Crippen LogP contribution is -2.45. The van der Waals surface area contributed by atoms with E-state index in [-0.39, 0.29) is 12.5 Å². The average Bonchev–Trinajstić information content (AvgIpc) is 3.37. The van der Waals surface area contributed by atoms with Gasteiger partial charge in [0.25, 0.3) is 0 Å². The van der Waals surface area contributed by atoms with Gasteiger partial charge in [-0.05, 0) is 70.6 Å². The number of amides is 1. The molecule has 0 rings (SSSR count). The predicted molar refractivity (Wildman–Crippen MR) is 317 cm³/mol. The minimum Gasteiger partial charge on any atom is -0.394 e. The molecule has 1 amide bonds. The highest BCUT2D eigenvalue weighted by Gasteiger charge is 2.18. The maximum atomic E-state index is 12.5. The number of carbonyl (C=O) groups excluding carboxylic acids is 1. The highest BCUT2D eigenvalue weighted by molar-refractivity contribution is 5.76. The monoisotopic (exact) mass is 988 g/mol. The van der Waals surface area contributed by atoms with Crippen molar-refractivity contribution in [2.24, 2.45) is 0 Å². The van der Waals surface area contributed by atoms with E-state index < -0.39 is 12.1 Å². The maximum Gasteiger partial charge on any atom is 0.220 e. The van der Waals surface area contributed by atoms with Gasteiger partial charge in [-0.15, -0.1) is 0 Å². The molecule has 0 aliphatic heterocycles. The number of aliphatic hydroxyl groups is 2. The topological polar surface area (TPSA) is 69.6 Å². The van der Waals surface area contributed by atoms with Crippen molar-refractivity contribution >= 4 is 5.91 Å². The van der Waals surface area contributed by atoms with E-state index in [0.29, 0.717) is 6.42 Å². The van der Waals surface area contributed by atoms with Crippen LogP contribution in [0, 0.1) is 0 Å². The SMILES string of the molecule is CC/C=C\C/C=C\C/C=C\C/C=C\C/C=C\C/C=C\CCCCCCCCCCCCCCC(=O)NC(CO)C(O)/C=C/CCCCCCCCCCCCCCCCCCCCCCCCCCCC. The molecule has 0 saturated carbocycles. The largest absolute Gasteiger partial charge is 0.394 e. The van der Waals surface area contributed by atoms with Crippen LogP contribution in [0.2, 0.25) is 0 Å². The van der Waals surface area contributed by atoms with E-state index in [1.165, 1.54) is 231 Å². The maximum absolute atomic E-state index is 12.5. The highest BCUT2D eigenvalue weighted by atomic mass is 16.3. The van der Waals surface area contributed by atoms with Crippen LogP contribution in [-0.4, -0.2) is 34.9 Å². The normalized spacial score (nSPS) is 13.4. The molecule has 0 aromatic carbocycles. The van der Waals surface area contributed by atoms with Crippen LogP contribution >= 0.6 is 0 Å². The third kappa shape index (κ3) is 58.3. The summed E-state index contributed by atoms with van der Waals surface area (Å²) in [6.45, 7) is 4.22. The predicted octanol–water partition coefficient (Wildman–Crippen LogP) is 21.1. The van der Waals surface area contributed by atoms with E-state index in [2.05, 4.69) is 92.1 Å². The van der Waals surface area contributed by atoms with Gasteiger partial charge < -0.3 is 15.5 Å². The second-order valence-corrected chi connectivity index (χ2v) is 21.1. The van der Waals surface area contributed by atoms with Gasteiger partial charge in [0.15, 0.2) is 0 Å². The first-order valence-corrected chi connectivity index (χ1v) is 31.3. The molecular weight excluding hydrogens is 867 g/mol. The summed E-state index contributed by atoms with van der Waals surface area (Å²) in [7, 11) is 0. The minimum atomic E-state index is -0.846. The summed E-state index contributed by atoms with van der Waals surface area (Å²) >= 11 is 0. The van der Waals surface area contributed by atoms with Gasteiger partial charge in [-0.1, -0.05) is 324 Å². The van der Waals surface area contributed by atoms with Crippen LogP contribution in [0.5, 0.6) is 0 Å². The van der Waals surface area contributed by atoms with Crippen LogP contribution < -0.4 is 5.32 Å². The molecule has 3 N–H and O–H groups in total. The number of nitrogens with one attached hydrogen (secondary N) is 1. The Morgan fingerprint density at radius 2 is 0.620 bits per heavy atom. The summed E-state index contributed by atoms with van der Waals surface area (Å²) < 4.78 is 0. The summed E-state index contributed by atoms with van der Waals surface area (Å²) in [4.78, 5) is 12.5.